The molecular weight excluding hydrogens is 280 g/mol. The fourth-order valence-corrected chi connectivity index (χ4v) is 3.32. The zero-order valence-electron chi connectivity index (χ0n) is 14.8. The van der Waals surface area contributed by atoms with Gasteiger partial charge in [-0.1, -0.05) is 68.4 Å². The predicted octanol–water partition coefficient (Wildman–Crippen LogP) is 4.30. The van der Waals surface area contributed by atoms with Crippen LogP contribution in [-0.4, -0.2) is 31.6 Å². The molecule has 0 amide bonds. The van der Waals surface area contributed by atoms with Crippen LogP contribution in [0.5, 0.6) is 0 Å². The maximum atomic E-state index is 6.19. The van der Waals surface area contributed by atoms with Crippen LogP contribution in [0.4, 0.5) is 0 Å². The van der Waals surface area contributed by atoms with Gasteiger partial charge in [-0.25, -0.2) is 0 Å². The molecule has 0 saturated carbocycles. The Morgan fingerprint density at radius 3 is 2.13 bits per heavy atom. The summed E-state index contributed by atoms with van der Waals surface area (Å²) in [6.07, 6.45) is 2.30. The van der Waals surface area contributed by atoms with Crippen LogP contribution in [-0.2, 0) is 5.41 Å². The van der Waals surface area contributed by atoms with Crippen molar-refractivity contribution in [1.82, 2.24) is 4.90 Å². The van der Waals surface area contributed by atoms with Crippen molar-refractivity contribution in [2.24, 2.45) is 5.73 Å². The molecule has 0 aliphatic carbocycles. The Morgan fingerprint density at radius 1 is 0.913 bits per heavy atom. The van der Waals surface area contributed by atoms with Gasteiger partial charge in [-0.2, -0.15) is 0 Å². The molecule has 1 heterocycles. The lowest BCUT2D eigenvalue weighted by atomic mass is 9.72. The van der Waals surface area contributed by atoms with Crippen molar-refractivity contribution in [3.05, 3.63) is 60.2 Å². The summed E-state index contributed by atoms with van der Waals surface area (Å²) in [5, 5.41) is 0. The summed E-state index contributed by atoms with van der Waals surface area (Å²) in [5.74, 6) is 0. The number of hydrogen-bond donors (Lipinski definition) is 1. The second-order valence-corrected chi connectivity index (χ2v) is 6.23. The van der Waals surface area contributed by atoms with Crippen LogP contribution in [0.2, 0.25) is 0 Å². The minimum absolute atomic E-state index is 0.150. The van der Waals surface area contributed by atoms with E-state index in [2.05, 4.69) is 66.5 Å². The van der Waals surface area contributed by atoms with Crippen LogP contribution >= 0.6 is 0 Å². The van der Waals surface area contributed by atoms with Crippen molar-refractivity contribution in [2.75, 3.05) is 26.7 Å². The first-order chi connectivity index (χ1) is 11.2. The predicted molar refractivity (Wildman–Crippen MR) is 101 cm³/mol. The molecule has 1 fully saturated rings. The summed E-state index contributed by atoms with van der Waals surface area (Å²) in [4.78, 5) is 2.40. The van der Waals surface area contributed by atoms with Gasteiger partial charge in [0, 0.05) is 12.0 Å². The lowest BCUT2D eigenvalue weighted by Gasteiger charge is -2.40. The van der Waals surface area contributed by atoms with E-state index in [1.165, 1.54) is 16.7 Å². The highest BCUT2D eigenvalue weighted by molar-refractivity contribution is 5.64. The Bertz CT molecular complexity index is 584. The van der Waals surface area contributed by atoms with Crippen molar-refractivity contribution in [2.45, 2.75) is 32.1 Å². The second kappa shape index (κ2) is 8.28. The van der Waals surface area contributed by atoms with E-state index < -0.39 is 0 Å². The van der Waals surface area contributed by atoms with Crippen molar-refractivity contribution in [1.29, 1.82) is 0 Å². The van der Waals surface area contributed by atoms with Crippen molar-refractivity contribution in [3.63, 3.8) is 0 Å². The van der Waals surface area contributed by atoms with Crippen LogP contribution < -0.4 is 5.73 Å². The molecule has 2 aromatic rings. The molecular formula is C21H30N2. The molecule has 0 atom stereocenters. The fourth-order valence-electron chi connectivity index (χ4n) is 3.32. The summed E-state index contributed by atoms with van der Waals surface area (Å²) in [5.41, 5.74) is 10.3. The van der Waals surface area contributed by atoms with Crippen LogP contribution in [0.3, 0.4) is 0 Å². The molecule has 124 valence electrons. The summed E-state index contributed by atoms with van der Waals surface area (Å²) in [6, 6.07) is 19.5. The molecule has 2 heteroatoms. The first kappa shape index (κ1) is 17.7. The zero-order chi connectivity index (χ0) is 16.7. The third-order valence-corrected chi connectivity index (χ3v) is 4.92. The third-order valence-electron chi connectivity index (χ3n) is 4.92. The molecule has 0 radical (unpaired) electrons. The first-order valence-electron chi connectivity index (χ1n) is 8.78. The van der Waals surface area contributed by atoms with Crippen LogP contribution in [0.15, 0.2) is 54.6 Å². The average molecular weight is 310 g/mol. The number of benzene rings is 2. The average Bonchev–Trinajstić information content (AvgIpc) is 2.65. The van der Waals surface area contributed by atoms with E-state index in [4.69, 9.17) is 5.73 Å². The molecule has 0 unspecified atom stereocenters. The molecule has 1 aliphatic rings. The van der Waals surface area contributed by atoms with Gasteiger partial charge < -0.3 is 10.6 Å². The SMILES string of the molecule is CC.CN1CCC(CN)(c2cccc(-c3ccccc3)c2)CC1. The number of hydrogen-bond acceptors (Lipinski definition) is 2. The Kier molecular flexibility index (Phi) is 6.37. The lowest BCUT2D eigenvalue weighted by Crippen LogP contribution is -2.45. The number of nitrogens with zero attached hydrogens (tertiary/aromatic N) is 1. The Morgan fingerprint density at radius 2 is 1.52 bits per heavy atom. The van der Waals surface area contributed by atoms with Gasteiger partial charge in [0.2, 0.25) is 0 Å². The molecule has 23 heavy (non-hydrogen) atoms. The van der Waals surface area contributed by atoms with E-state index in [-0.39, 0.29) is 5.41 Å². The maximum absolute atomic E-state index is 6.19. The standard InChI is InChI=1S/C19H24N2.C2H6/c1-21-12-10-19(15-20,11-13-21)18-9-5-8-17(14-18)16-6-3-2-4-7-16;1-2/h2-9,14H,10-13,15,20H2,1H3;1-2H3. The summed E-state index contributed by atoms with van der Waals surface area (Å²) in [7, 11) is 2.20. The second-order valence-electron chi connectivity index (χ2n) is 6.23. The van der Waals surface area contributed by atoms with Crippen molar-refractivity contribution in [3.8, 4) is 11.1 Å². The Hall–Kier alpha value is -1.64. The number of likely N-dealkylation sites (tertiary alicyclic amines) is 1. The van der Waals surface area contributed by atoms with E-state index in [9.17, 15) is 0 Å². The number of piperidine rings is 1. The smallest absolute Gasteiger partial charge is 0.01000 e. The minimum Gasteiger partial charge on any atom is -0.330 e. The lowest BCUT2D eigenvalue weighted by molar-refractivity contribution is 0.192. The van der Waals surface area contributed by atoms with Gasteiger partial charge in [-0.15, -0.1) is 0 Å². The van der Waals surface area contributed by atoms with E-state index in [0.29, 0.717) is 0 Å². The molecule has 2 aromatic carbocycles. The molecule has 0 aromatic heterocycles. The van der Waals surface area contributed by atoms with E-state index in [1.54, 1.807) is 0 Å². The zero-order valence-corrected chi connectivity index (χ0v) is 14.8. The van der Waals surface area contributed by atoms with Crippen LogP contribution in [0.1, 0.15) is 32.3 Å². The molecule has 1 saturated heterocycles. The largest absolute Gasteiger partial charge is 0.330 e. The minimum atomic E-state index is 0.150. The monoisotopic (exact) mass is 310 g/mol. The Balaban J connectivity index is 0.000000924. The van der Waals surface area contributed by atoms with E-state index >= 15 is 0 Å². The van der Waals surface area contributed by atoms with Gasteiger partial charge in [0.05, 0.1) is 0 Å². The number of nitrogens with two attached hydrogens (primary N) is 1. The third kappa shape index (κ3) is 4.01. The quantitative estimate of drug-likeness (QED) is 0.915. The molecule has 2 N–H and O–H groups in total. The highest BCUT2D eigenvalue weighted by atomic mass is 15.1. The molecule has 0 bridgehead atoms. The summed E-state index contributed by atoms with van der Waals surface area (Å²) >= 11 is 0. The van der Waals surface area contributed by atoms with Gasteiger partial charge in [0.1, 0.15) is 0 Å². The van der Waals surface area contributed by atoms with Gasteiger partial charge in [0.15, 0.2) is 0 Å². The maximum Gasteiger partial charge on any atom is 0.01000 e. The van der Waals surface area contributed by atoms with Crippen molar-refractivity contribution < 1.29 is 0 Å². The van der Waals surface area contributed by atoms with Crippen molar-refractivity contribution >= 4 is 0 Å². The fraction of sp³-hybridized carbons (Fsp3) is 0.429. The normalized spacial score (nSPS) is 17.2. The molecule has 1 aliphatic heterocycles. The van der Waals surface area contributed by atoms with Gasteiger partial charge in [-0.3, -0.25) is 0 Å². The topological polar surface area (TPSA) is 29.3 Å². The number of rotatable bonds is 3. The molecule has 0 spiro atoms. The van der Waals surface area contributed by atoms with Gasteiger partial charge in [-0.05, 0) is 49.7 Å². The van der Waals surface area contributed by atoms with E-state index in [1.807, 2.05) is 13.8 Å². The summed E-state index contributed by atoms with van der Waals surface area (Å²) in [6.45, 7) is 7.00. The first-order valence-corrected chi connectivity index (χ1v) is 8.78. The summed E-state index contributed by atoms with van der Waals surface area (Å²) < 4.78 is 0. The van der Waals surface area contributed by atoms with Crippen LogP contribution in [0.25, 0.3) is 11.1 Å². The highest BCUT2D eigenvalue weighted by Crippen LogP contribution is 2.36. The van der Waals surface area contributed by atoms with Gasteiger partial charge >= 0.3 is 0 Å². The molecule has 2 nitrogen and oxygen atoms in total. The van der Waals surface area contributed by atoms with E-state index in [0.717, 1.165) is 32.5 Å². The highest BCUT2D eigenvalue weighted by Gasteiger charge is 2.34. The Labute approximate surface area is 141 Å². The van der Waals surface area contributed by atoms with Gasteiger partial charge in [0.25, 0.3) is 0 Å². The van der Waals surface area contributed by atoms with Crippen LogP contribution in [0, 0.1) is 0 Å². The molecule has 3 rings (SSSR count).